The van der Waals surface area contributed by atoms with E-state index in [1.54, 1.807) is 13.0 Å². The summed E-state index contributed by atoms with van der Waals surface area (Å²) in [6.45, 7) is 2.16. The summed E-state index contributed by atoms with van der Waals surface area (Å²) < 4.78 is 18.5. The van der Waals surface area contributed by atoms with E-state index in [1.165, 1.54) is 6.07 Å². The Bertz CT molecular complexity index is 490. The maximum atomic E-state index is 13.1. The molecule has 0 saturated heterocycles. The van der Waals surface area contributed by atoms with E-state index < -0.39 is 0 Å². The minimum atomic E-state index is -0.175. The first-order chi connectivity index (χ1) is 7.69. The van der Waals surface area contributed by atoms with Crippen molar-refractivity contribution in [1.29, 1.82) is 0 Å². The Morgan fingerprint density at radius 1 is 1.19 bits per heavy atom. The third-order valence-corrected chi connectivity index (χ3v) is 2.52. The first-order valence-electron chi connectivity index (χ1n) is 5.21. The van der Waals surface area contributed by atoms with Crippen molar-refractivity contribution in [3.63, 3.8) is 0 Å². The van der Waals surface area contributed by atoms with Crippen molar-refractivity contribution in [1.82, 2.24) is 0 Å². The fourth-order valence-electron chi connectivity index (χ4n) is 1.64. The van der Waals surface area contributed by atoms with Crippen molar-refractivity contribution in [2.45, 2.75) is 19.9 Å². The quantitative estimate of drug-likeness (QED) is 0.862. The summed E-state index contributed by atoms with van der Waals surface area (Å²) in [5.74, 6) is 1.45. The highest BCUT2D eigenvalue weighted by Gasteiger charge is 2.04. The normalized spacial score (nSPS) is 10.7. The topological polar surface area (TPSA) is 39.2 Å². The first-order valence-corrected chi connectivity index (χ1v) is 5.21. The van der Waals surface area contributed by atoms with E-state index >= 15 is 0 Å². The minimum Gasteiger partial charge on any atom is -0.464 e. The van der Waals surface area contributed by atoms with Crippen LogP contribution < -0.4 is 5.73 Å². The number of nitrogens with two attached hydrogens (primary N) is 1. The van der Waals surface area contributed by atoms with Crippen LogP contribution in [0.2, 0.25) is 0 Å². The van der Waals surface area contributed by atoms with Gasteiger partial charge in [0.25, 0.3) is 0 Å². The fraction of sp³-hybridized carbons (Fsp3) is 0.231. The van der Waals surface area contributed by atoms with Crippen molar-refractivity contribution < 1.29 is 8.81 Å². The van der Waals surface area contributed by atoms with Gasteiger partial charge in [-0.1, -0.05) is 12.1 Å². The molecule has 0 atom stereocenters. The molecule has 0 aliphatic carbocycles. The van der Waals surface area contributed by atoms with Gasteiger partial charge in [0.15, 0.2) is 0 Å². The van der Waals surface area contributed by atoms with Crippen molar-refractivity contribution in [2.75, 3.05) is 0 Å². The molecule has 0 spiro atoms. The third kappa shape index (κ3) is 2.31. The first kappa shape index (κ1) is 10.9. The van der Waals surface area contributed by atoms with Gasteiger partial charge in [-0.05, 0) is 36.2 Å². The van der Waals surface area contributed by atoms with Gasteiger partial charge in [0.2, 0.25) is 0 Å². The summed E-state index contributed by atoms with van der Waals surface area (Å²) in [5.41, 5.74) is 7.15. The molecule has 0 amide bonds. The molecular formula is C13H14FNO. The molecule has 2 rings (SSSR count). The molecule has 2 N–H and O–H groups in total. The zero-order valence-electron chi connectivity index (χ0n) is 9.16. The zero-order valence-corrected chi connectivity index (χ0v) is 9.16. The van der Waals surface area contributed by atoms with E-state index in [-0.39, 0.29) is 5.82 Å². The molecule has 0 fully saturated rings. The summed E-state index contributed by atoms with van der Waals surface area (Å²) in [6.07, 6.45) is 0.668. The Kier molecular flexibility index (Phi) is 3.06. The van der Waals surface area contributed by atoms with Crippen LogP contribution in [0.3, 0.4) is 0 Å². The second kappa shape index (κ2) is 4.49. The third-order valence-electron chi connectivity index (χ3n) is 2.52. The van der Waals surface area contributed by atoms with E-state index in [9.17, 15) is 4.39 Å². The van der Waals surface area contributed by atoms with Crippen molar-refractivity contribution in [3.8, 4) is 0 Å². The Morgan fingerprint density at radius 3 is 2.56 bits per heavy atom. The predicted molar refractivity (Wildman–Crippen MR) is 60.5 cm³/mol. The second-order valence-corrected chi connectivity index (χ2v) is 3.83. The van der Waals surface area contributed by atoms with Gasteiger partial charge >= 0.3 is 0 Å². The molecule has 1 heterocycles. The molecule has 1 aromatic carbocycles. The highest BCUT2D eigenvalue weighted by molar-refractivity contribution is 5.27. The molecule has 0 aliphatic rings. The average Bonchev–Trinajstić information content (AvgIpc) is 2.71. The lowest BCUT2D eigenvalue weighted by Crippen LogP contribution is -1.93. The molecule has 1 aromatic heterocycles. The molecule has 2 aromatic rings. The van der Waals surface area contributed by atoms with Crippen LogP contribution in [0.15, 0.2) is 34.7 Å². The average molecular weight is 219 g/mol. The molecule has 0 unspecified atom stereocenters. The van der Waals surface area contributed by atoms with Gasteiger partial charge in [-0.3, -0.25) is 0 Å². The minimum absolute atomic E-state index is 0.175. The number of benzene rings is 1. The number of furan rings is 1. The van der Waals surface area contributed by atoms with E-state index in [2.05, 4.69) is 0 Å². The maximum absolute atomic E-state index is 13.1. The predicted octanol–water partition coefficient (Wildman–Crippen LogP) is 2.78. The van der Waals surface area contributed by atoms with E-state index in [4.69, 9.17) is 10.2 Å². The van der Waals surface area contributed by atoms with E-state index in [0.717, 1.165) is 17.1 Å². The summed E-state index contributed by atoms with van der Waals surface area (Å²) >= 11 is 0. The van der Waals surface area contributed by atoms with Crippen LogP contribution in [0.4, 0.5) is 4.39 Å². The summed E-state index contributed by atoms with van der Waals surface area (Å²) in [5, 5.41) is 0. The molecule has 3 heteroatoms. The van der Waals surface area contributed by atoms with Gasteiger partial charge in [0, 0.05) is 6.42 Å². The van der Waals surface area contributed by atoms with Crippen molar-refractivity contribution in [3.05, 3.63) is 58.8 Å². The lowest BCUT2D eigenvalue weighted by Gasteiger charge is -2.01. The monoisotopic (exact) mass is 219 g/mol. The molecule has 0 radical (unpaired) electrons. The Morgan fingerprint density at radius 2 is 1.94 bits per heavy atom. The van der Waals surface area contributed by atoms with Crippen LogP contribution >= 0.6 is 0 Å². The molecule has 2 nitrogen and oxygen atoms in total. The number of aryl methyl sites for hydroxylation is 1. The molecule has 16 heavy (non-hydrogen) atoms. The van der Waals surface area contributed by atoms with Gasteiger partial charge in [0.05, 0.1) is 6.54 Å². The van der Waals surface area contributed by atoms with Crippen molar-refractivity contribution >= 4 is 0 Å². The van der Waals surface area contributed by atoms with Crippen LogP contribution in [-0.2, 0) is 13.0 Å². The molecule has 0 aliphatic heterocycles. The van der Waals surface area contributed by atoms with Crippen LogP contribution in [0.25, 0.3) is 0 Å². The lowest BCUT2D eigenvalue weighted by molar-refractivity contribution is 0.475. The summed E-state index contributed by atoms with van der Waals surface area (Å²) in [7, 11) is 0. The maximum Gasteiger partial charge on any atom is 0.126 e. The SMILES string of the molecule is Cc1cc(Cc2ccc(CN)o2)ccc1F. The van der Waals surface area contributed by atoms with Gasteiger partial charge in [0.1, 0.15) is 17.3 Å². The van der Waals surface area contributed by atoms with Crippen LogP contribution in [0.5, 0.6) is 0 Å². The van der Waals surface area contributed by atoms with Gasteiger partial charge in [-0.15, -0.1) is 0 Å². The Balaban J connectivity index is 2.17. The zero-order chi connectivity index (χ0) is 11.5. The fourth-order valence-corrected chi connectivity index (χ4v) is 1.64. The van der Waals surface area contributed by atoms with Crippen molar-refractivity contribution in [2.24, 2.45) is 5.73 Å². The number of rotatable bonds is 3. The molecule has 0 saturated carbocycles. The number of halogens is 1. The number of hydrogen-bond acceptors (Lipinski definition) is 2. The smallest absolute Gasteiger partial charge is 0.126 e. The molecule has 84 valence electrons. The van der Waals surface area contributed by atoms with Crippen LogP contribution in [0.1, 0.15) is 22.6 Å². The van der Waals surface area contributed by atoms with E-state index in [0.29, 0.717) is 18.5 Å². The Labute approximate surface area is 93.9 Å². The van der Waals surface area contributed by atoms with Crippen LogP contribution in [0, 0.1) is 12.7 Å². The van der Waals surface area contributed by atoms with Gasteiger partial charge in [-0.2, -0.15) is 0 Å². The molecule has 0 bridgehead atoms. The van der Waals surface area contributed by atoms with Gasteiger partial charge < -0.3 is 10.2 Å². The summed E-state index contributed by atoms with van der Waals surface area (Å²) in [6, 6.07) is 8.86. The highest BCUT2D eigenvalue weighted by Crippen LogP contribution is 2.15. The number of hydrogen-bond donors (Lipinski definition) is 1. The molecular weight excluding hydrogens is 205 g/mol. The largest absolute Gasteiger partial charge is 0.464 e. The van der Waals surface area contributed by atoms with Gasteiger partial charge in [-0.25, -0.2) is 4.39 Å². The highest BCUT2D eigenvalue weighted by atomic mass is 19.1. The standard InChI is InChI=1S/C13H14FNO/c1-9-6-10(2-5-13(9)14)7-11-3-4-12(8-15)16-11/h2-6H,7-8,15H2,1H3. The lowest BCUT2D eigenvalue weighted by atomic mass is 10.1. The second-order valence-electron chi connectivity index (χ2n) is 3.83. The van der Waals surface area contributed by atoms with Crippen LogP contribution in [-0.4, -0.2) is 0 Å². The summed E-state index contributed by atoms with van der Waals surface area (Å²) in [4.78, 5) is 0. The Hall–Kier alpha value is -1.61. The van der Waals surface area contributed by atoms with E-state index in [1.807, 2.05) is 18.2 Å².